The van der Waals surface area contributed by atoms with Crippen LogP contribution in [-0.2, 0) is 13.1 Å². The minimum atomic E-state index is 0.402. The maximum atomic E-state index is 5.67. The predicted molar refractivity (Wildman–Crippen MR) is 79.1 cm³/mol. The molecule has 0 amide bonds. The average molecular weight is 258 g/mol. The van der Waals surface area contributed by atoms with Crippen molar-refractivity contribution in [1.29, 1.82) is 0 Å². The maximum Gasteiger partial charge on any atom is 0.0817 e. The normalized spacial score (nSPS) is 11.0. The molecule has 0 bridgehead atoms. The van der Waals surface area contributed by atoms with Crippen LogP contribution in [0, 0.1) is 0 Å². The lowest BCUT2D eigenvalue weighted by Crippen LogP contribution is -2.17. The summed E-state index contributed by atoms with van der Waals surface area (Å²) in [4.78, 5) is 2.19. The van der Waals surface area contributed by atoms with E-state index in [9.17, 15) is 0 Å². The van der Waals surface area contributed by atoms with E-state index in [2.05, 4.69) is 49.1 Å². The van der Waals surface area contributed by atoms with E-state index in [1.54, 1.807) is 0 Å². The van der Waals surface area contributed by atoms with Crippen molar-refractivity contribution in [3.63, 3.8) is 0 Å². The summed E-state index contributed by atoms with van der Waals surface area (Å²) in [5.74, 6) is 0. The zero-order valence-electron chi connectivity index (χ0n) is 11.9. The van der Waals surface area contributed by atoms with E-state index in [0.29, 0.717) is 12.6 Å². The topological polar surface area (TPSA) is 47.1 Å². The van der Waals surface area contributed by atoms with Crippen LogP contribution in [0.1, 0.15) is 31.1 Å². The van der Waals surface area contributed by atoms with Crippen LogP contribution in [-0.4, -0.2) is 16.8 Å². The van der Waals surface area contributed by atoms with Crippen molar-refractivity contribution in [2.45, 2.75) is 33.0 Å². The van der Waals surface area contributed by atoms with Crippen molar-refractivity contribution in [2.24, 2.45) is 5.73 Å². The monoisotopic (exact) mass is 258 g/mol. The molecule has 19 heavy (non-hydrogen) atoms. The molecule has 0 unspecified atom stereocenters. The summed E-state index contributed by atoms with van der Waals surface area (Å²) in [6, 6.07) is 10.8. The van der Waals surface area contributed by atoms with E-state index in [1.807, 2.05) is 23.0 Å². The molecule has 1 aromatic carbocycles. The van der Waals surface area contributed by atoms with Gasteiger partial charge in [0, 0.05) is 31.5 Å². The number of hydrogen-bond acceptors (Lipinski definition) is 3. The summed E-state index contributed by atoms with van der Waals surface area (Å²) in [5.41, 5.74) is 9.07. The quantitative estimate of drug-likeness (QED) is 0.896. The number of rotatable bonds is 5. The molecule has 0 spiro atoms. The van der Waals surface area contributed by atoms with Crippen molar-refractivity contribution in [2.75, 3.05) is 11.9 Å². The Morgan fingerprint density at radius 2 is 2.11 bits per heavy atom. The van der Waals surface area contributed by atoms with Crippen molar-refractivity contribution >= 4 is 5.69 Å². The van der Waals surface area contributed by atoms with Gasteiger partial charge in [0.25, 0.3) is 0 Å². The molecule has 1 heterocycles. The fourth-order valence-corrected chi connectivity index (χ4v) is 2.00. The highest BCUT2D eigenvalue weighted by Crippen LogP contribution is 2.17. The average Bonchev–Trinajstić information content (AvgIpc) is 2.87. The lowest BCUT2D eigenvalue weighted by Gasteiger charge is -2.18. The second-order valence-electron chi connectivity index (χ2n) is 5.11. The van der Waals surface area contributed by atoms with E-state index in [4.69, 9.17) is 5.73 Å². The summed E-state index contributed by atoms with van der Waals surface area (Å²) in [5, 5.41) is 4.57. The Kier molecular flexibility index (Phi) is 4.22. The minimum absolute atomic E-state index is 0.402. The van der Waals surface area contributed by atoms with Gasteiger partial charge in [-0.15, -0.1) is 0 Å². The summed E-state index contributed by atoms with van der Waals surface area (Å²) >= 11 is 0. The number of aromatic nitrogens is 2. The molecule has 2 aromatic rings. The molecule has 0 atom stereocenters. The van der Waals surface area contributed by atoms with Crippen LogP contribution in [0.2, 0.25) is 0 Å². The number of benzene rings is 1. The summed E-state index contributed by atoms with van der Waals surface area (Å²) in [6.45, 7) is 5.63. The standard InChI is InChI=1S/C15H22N4/c1-12(2)19-8-7-14(17-19)11-18(3)15-6-4-5-13(9-15)10-16/h4-9,12H,10-11,16H2,1-3H3. The first-order chi connectivity index (χ1) is 9.10. The van der Waals surface area contributed by atoms with Crippen molar-refractivity contribution < 1.29 is 0 Å². The second kappa shape index (κ2) is 5.89. The predicted octanol–water partition coefficient (Wildman–Crippen LogP) is 2.56. The fraction of sp³-hybridized carbons (Fsp3) is 0.400. The van der Waals surface area contributed by atoms with Gasteiger partial charge in [-0.1, -0.05) is 12.1 Å². The molecule has 0 aliphatic carbocycles. The third kappa shape index (κ3) is 3.35. The van der Waals surface area contributed by atoms with Gasteiger partial charge in [0.2, 0.25) is 0 Å². The lowest BCUT2D eigenvalue weighted by molar-refractivity contribution is 0.526. The first-order valence-electron chi connectivity index (χ1n) is 6.64. The summed E-state index contributed by atoms with van der Waals surface area (Å²) in [6.07, 6.45) is 2.03. The molecule has 2 rings (SSSR count). The van der Waals surface area contributed by atoms with E-state index in [0.717, 1.165) is 17.8 Å². The molecule has 0 aliphatic rings. The Morgan fingerprint density at radius 1 is 1.32 bits per heavy atom. The molecular formula is C15H22N4. The van der Waals surface area contributed by atoms with Gasteiger partial charge in [-0.2, -0.15) is 5.10 Å². The van der Waals surface area contributed by atoms with Gasteiger partial charge < -0.3 is 10.6 Å². The molecule has 102 valence electrons. The molecule has 0 saturated carbocycles. The molecule has 0 saturated heterocycles. The Labute approximate surface area is 114 Å². The Bertz CT molecular complexity index is 530. The molecular weight excluding hydrogens is 236 g/mol. The highest BCUT2D eigenvalue weighted by atomic mass is 15.3. The van der Waals surface area contributed by atoms with Crippen LogP contribution in [0.4, 0.5) is 5.69 Å². The second-order valence-corrected chi connectivity index (χ2v) is 5.11. The number of nitrogens with two attached hydrogens (primary N) is 1. The van der Waals surface area contributed by atoms with E-state index < -0.39 is 0 Å². The minimum Gasteiger partial charge on any atom is -0.369 e. The van der Waals surface area contributed by atoms with Gasteiger partial charge in [0.15, 0.2) is 0 Å². The van der Waals surface area contributed by atoms with Crippen molar-refractivity contribution in [3.05, 3.63) is 47.8 Å². The Balaban J connectivity index is 2.08. The zero-order valence-corrected chi connectivity index (χ0v) is 11.9. The van der Waals surface area contributed by atoms with Crippen LogP contribution in [0.25, 0.3) is 0 Å². The molecule has 2 N–H and O–H groups in total. The first-order valence-corrected chi connectivity index (χ1v) is 6.64. The Morgan fingerprint density at radius 3 is 2.74 bits per heavy atom. The van der Waals surface area contributed by atoms with Crippen LogP contribution >= 0.6 is 0 Å². The molecule has 0 aliphatic heterocycles. The van der Waals surface area contributed by atoms with Gasteiger partial charge in [-0.05, 0) is 37.6 Å². The molecule has 1 aromatic heterocycles. The molecule has 4 nitrogen and oxygen atoms in total. The van der Waals surface area contributed by atoms with Gasteiger partial charge in [0.1, 0.15) is 0 Å². The third-order valence-corrected chi connectivity index (χ3v) is 3.18. The zero-order chi connectivity index (χ0) is 13.8. The SMILES string of the molecule is CC(C)n1ccc(CN(C)c2cccc(CN)c2)n1. The van der Waals surface area contributed by atoms with Crippen LogP contribution in [0.3, 0.4) is 0 Å². The van der Waals surface area contributed by atoms with Gasteiger partial charge in [-0.3, -0.25) is 4.68 Å². The summed E-state index contributed by atoms with van der Waals surface area (Å²) in [7, 11) is 2.07. The van der Waals surface area contributed by atoms with Crippen molar-refractivity contribution in [3.8, 4) is 0 Å². The fourth-order valence-electron chi connectivity index (χ4n) is 2.00. The highest BCUT2D eigenvalue weighted by molar-refractivity contribution is 5.48. The number of hydrogen-bond donors (Lipinski definition) is 1. The van der Waals surface area contributed by atoms with Crippen LogP contribution in [0.5, 0.6) is 0 Å². The van der Waals surface area contributed by atoms with E-state index in [1.165, 1.54) is 5.69 Å². The largest absolute Gasteiger partial charge is 0.369 e. The first kappa shape index (κ1) is 13.6. The van der Waals surface area contributed by atoms with Gasteiger partial charge >= 0.3 is 0 Å². The Hall–Kier alpha value is -1.81. The smallest absolute Gasteiger partial charge is 0.0817 e. The number of nitrogens with zero attached hydrogens (tertiary/aromatic N) is 3. The van der Waals surface area contributed by atoms with Gasteiger partial charge in [0.05, 0.1) is 12.2 Å². The lowest BCUT2D eigenvalue weighted by atomic mass is 10.2. The van der Waals surface area contributed by atoms with E-state index in [-0.39, 0.29) is 0 Å². The van der Waals surface area contributed by atoms with Crippen molar-refractivity contribution in [1.82, 2.24) is 9.78 Å². The molecule has 0 fully saturated rings. The van der Waals surface area contributed by atoms with Gasteiger partial charge in [-0.25, -0.2) is 0 Å². The highest BCUT2D eigenvalue weighted by Gasteiger charge is 2.06. The molecule has 0 radical (unpaired) electrons. The van der Waals surface area contributed by atoms with Crippen LogP contribution < -0.4 is 10.6 Å². The third-order valence-electron chi connectivity index (χ3n) is 3.18. The van der Waals surface area contributed by atoms with Crippen LogP contribution in [0.15, 0.2) is 36.5 Å². The maximum absolute atomic E-state index is 5.67. The summed E-state index contributed by atoms with van der Waals surface area (Å²) < 4.78 is 1.99. The van der Waals surface area contributed by atoms with E-state index >= 15 is 0 Å². The number of anilines is 1. The molecule has 4 heteroatoms.